The average molecular weight is 366 g/mol. The Kier molecular flexibility index (Phi) is 6.60. The number of nitrogens with zero attached hydrogens (tertiary/aromatic N) is 1. The van der Waals surface area contributed by atoms with Gasteiger partial charge in [0.15, 0.2) is 0 Å². The molecule has 0 radical (unpaired) electrons. The molecule has 1 aliphatic rings. The summed E-state index contributed by atoms with van der Waals surface area (Å²) in [6, 6.07) is 17.5. The Hall–Kier alpha value is -2.66. The molecule has 0 aliphatic carbocycles. The van der Waals surface area contributed by atoms with E-state index in [1.807, 2.05) is 60.4 Å². The van der Waals surface area contributed by atoms with Crippen LogP contribution in [0.25, 0.3) is 0 Å². The zero-order valence-electron chi connectivity index (χ0n) is 15.7. The van der Waals surface area contributed by atoms with Gasteiger partial charge in [0.1, 0.15) is 6.10 Å². The number of rotatable bonds is 6. The Labute approximate surface area is 160 Å². The largest absolute Gasteiger partial charge is 0.370 e. The summed E-state index contributed by atoms with van der Waals surface area (Å²) in [6.45, 7) is 4.21. The lowest BCUT2D eigenvalue weighted by Gasteiger charge is -2.33. The van der Waals surface area contributed by atoms with E-state index in [-0.39, 0.29) is 17.9 Å². The summed E-state index contributed by atoms with van der Waals surface area (Å²) in [5, 5.41) is 2.88. The highest BCUT2D eigenvalue weighted by Crippen LogP contribution is 2.22. The standard InChI is InChI=1S/C22H26N2O3/c1-17-7-5-10-19(15-17)22(26)23-12-6-11-21(25)24-13-14-27-20(16-24)18-8-3-2-4-9-18/h2-5,7-10,15,20H,6,11-14,16H2,1H3,(H,23,26). The van der Waals surface area contributed by atoms with Crippen LogP contribution in [0.2, 0.25) is 0 Å². The van der Waals surface area contributed by atoms with Crippen molar-refractivity contribution < 1.29 is 14.3 Å². The van der Waals surface area contributed by atoms with Crippen LogP contribution >= 0.6 is 0 Å². The molecule has 2 aromatic carbocycles. The third kappa shape index (κ3) is 5.41. The number of benzene rings is 2. The molecule has 1 unspecified atom stereocenters. The summed E-state index contributed by atoms with van der Waals surface area (Å²) in [7, 11) is 0. The van der Waals surface area contributed by atoms with Gasteiger partial charge < -0.3 is 15.0 Å². The summed E-state index contributed by atoms with van der Waals surface area (Å²) in [5.74, 6) is 0.0192. The molecule has 1 saturated heterocycles. The molecule has 27 heavy (non-hydrogen) atoms. The summed E-state index contributed by atoms with van der Waals surface area (Å²) < 4.78 is 5.81. The van der Waals surface area contributed by atoms with Crippen molar-refractivity contribution in [3.8, 4) is 0 Å². The maximum Gasteiger partial charge on any atom is 0.251 e. The van der Waals surface area contributed by atoms with E-state index in [1.54, 1.807) is 6.07 Å². The van der Waals surface area contributed by atoms with Crippen LogP contribution in [0.3, 0.4) is 0 Å². The summed E-state index contributed by atoms with van der Waals surface area (Å²) >= 11 is 0. The van der Waals surface area contributed by atoms with E-state index in [0.717, 1.165) is 11.1 Å². The van der Waals surface area contributed by atoms with Gasteiger partial charge in [-0.15, -0.1) is 0 Å². The molecule has 3 rings (SSSR count). The predicted molar refractivity (Wildman–Crippen MR) is 104 cm³/mol. The van der Waals surface area contributed by atoms with Crippen molar-refractivity contribution in [2.75, 3.05) is 26.2 Å². The topological polar surface area (TPSA) is 58.6 Å². The van der Waals surface area contributed by atoms with Crippen LogP contribution in [0.15, 0.2) is 54.6 Å². The highest BCUT2D eigenvalue weighted by Gasteiger charge is 2.24. The number of hydrogen-bond donors (Lipinski definition) is 1. The van der Waals surface area contributed by atoms with Crippen molar-refractivity contribution in [2.24, 2.45) is 0 Å². The van der Waals surface area contributed by atoms with Crippen molar-refractivity contribution >= 4 is 11.8 Å². The van der Waals surface area contributed by atoms with Crippen molar-refractivity contribution in [3.05, 3.63) is 71.3 Å². The van der Waals surface area contributed by atoms with Crippen LogP contribution in [0.1, 0.15) is 40.4 Å². The van der Waals surface area contributed by atoms with E-state index in [9.17, 15) is 9.59 Å². The van der Waals surface area contributed by atoms with E-state index in [4.69, 9.17) is 4.74 Å². The molecule has 2 aromatic rings. The third-order valence-electron chi connectivity index (χ3n) is 4.72. The van der Waals surface area contributed by atoms with Gasteiger partial charge in [0.2, 0.25) is 5.91 Å². The smallest absolute Gasteiger partial charge is 0.251 e. The average Bonchev–Trinajstić information content (AvgIpc) is 2.71. The van der Waals surface area contributed by atoms with Gasteiger partial charge in [-0.3, -0.25) is 9.59 Å². The van der Waals surface area contributed by atoms with E-state index in [0.29, 0.717) is 44.6 Å². The second kappa shape index (κ2) is 9.33. The molecular formula is C22H26N2O3. The van der Waals surface area contributed by atoms with Gasteiger partial charge in [-0.25, -0.2) is 0 Å². The fourth-order valence-corrected chi connectivity index (χ4v) is 3.23. The molecule has 0 bridgehead atoms. The SMILES string of the molecule is Cc1cccc(C(=O)NCCCC(=O)N2CCOC(c3ccccc3)C2)c1. The van der Waals surface area contributed by atoms with Crippen molar-refractivity contribution in [1.82, 2.24) is 10.2 Å². The van der Waals surface area contributed by atoms with Crippen molar-refractivity contribution in [2.45, 2.75) is 25.9 Å². The van der Waals surface area contributed by atoms with Gasteiger partial charge in [0.25, 0.3) is 5.91 Å². The molecule has 1 atom stereocenters. The van der Waals surface area contributed by atoms with E-state index < -0.39 is 0 Å². The molecule has 0 aromatic heterocycles. The summed E-state index contributed by atoms with van der Waals surface area (Å²) in [6.07, 6.45) is 0.990. The maximum absolute atomic E-state index is 12.5. The first kappa shape index (κ1) is 19.1. The number of morpholine rings is 1. The van der Waals surface area contributed by atoms with Gasteiger partial charge >= 0.3 is 0 Å². The quantitative estimate of drug-likeness (QED) is 0.799. The molecule has 5 nitrogen and oxygen atoms in total. The minimum Gasteiger partial charge on any atom is -0.370 e. The van der Waals surface area contributed by atoms with Gasteiger partial charge in [0.05, 0.1) is 13.2 Å². The zero-order chi connectivity index (χ0) is 19.1. The van der Waals surface area contributed by atoms with Crippen LogP contribution in [-0.4, -0.2) is 43.0 Å². The second-order valence-electron chi connectivity index (χ2n) is 6.84. The zero-order valence-corrected chi connectivity index (χ0v) is 15.7. The van der Waals surface area contributed by atoms with Crippen LogP contribution in [-0.2, 0) is 9.53 Å². The molecule has 5 heteroatoms. The summed E-state index contributed by atoms with van der Waals surface area (Å²) in [4.78, 5) is 26.5. The normalized spacial score (nSPS) is 16.8. The first-order valence-corrected chi connectivity index (χ1v) is 9.42. The molecule has 0 saturated carbocycles. The highest BCUT2D eigenvalue weighted by molar-refractivity contribution is 5.94. The second-order valence-corrected chi connectivity index (χ2v) is 6.84. The Bertz CT molecular complexity index is 776. The van der Waals surface area contributed by atoms with Crippen molar-refractivity contribution in [3.63, 3.8) is 0 Å². The lowest BCUT2D eigenvalue weighted by molar-refractivity contribution is -0.139. The molecular weight excluding hydrogens is 340 g/mol. The number of aryl methyl sites for hydroxylation is 1. The minimum atomic E-state index is -0.0957. The number of carbonyl (C=O) groups excluding carboxylic acids is 2. The van der Waals surface area contributed by atoms with E-state index >= 15 is 0 Å². The number of nitrogens with one attached hydrogen (secondary N) is 1. The molecule has 1 heterocycles. The maximum atomic E-state index is 12.5. The Morgan fingerprint density at radius 1 is 1.15 bits per heavy atom. The fourth-order valence-electron chi connectivity index (χ4n) is 3.23. The van der Waals surface area contributed by atoms with Crippen LogP contribution in [0.5, 0.6) is 0 Å². The first-order chi connectivity index (χ1) is 13.1. The van der Waals surface area contributed by atoms with Gasteiger partial charge in [-0.05, 0) is 31.0 Å². The highest BCUT2D eigenvalue weighted by atomic mass is 16.5. The molecule has 1 N–H and O–H groups in total. The fraction of sp³-hybridized carbons (Fsp3) is 0.364. The lowest BCUT2D eigenvalue weighted by atomic mass is 10.1. The Morgan fingerprint density at radius 3 is 2.74 bits per heavy atom. The third-order valence-corrected chi connectivity index (χ3v) is 4.72. The van der Waals surface area contributed by atoms with Crippen LogP contribution in [0, 0.1) is 6.92 Å². The number of ether oxygens (including phenoxy) is 1. The first-order valence-electron chi connectivity index (χ1n) is 9.42. The predicted octanol–water partition coefficient (Wildman–Crippen LogP) is 3.11. The minimum absolute atomic E-state index is 0.0649. The van der Waals surface area contributed by atoms with Gasteiger partial charge in [-0.1, -0.05) is 48.0 Å². The van der Waals surface area contributed by atoms with Gasteiger partial charge in [-0.2, -0.15) is 0 Å². The molecule has 0 spiro atoms. The monoisotopic (exact) mass is 366 g/mol. The Morgan fingerprint density at radius 2 is 1.96 bits per heavy atom. The molecule has 1 fully saturated rings. The number of amides is 2. The van der Waals surface area contributed by atoms with Crippen molar-refractivity contribution in [1.29, 1.82) is 0 Å². The molecule has 1 aliphatic heterocycles. The molecule has 2 amide bonds. The number of carbonyl (C=O) groups is 2. The van der Waals surface area contributed by atoms with Crippen LogP contribution < -0.4 is 5.32 Å². The van der Waals surface area contributed by atoms with E-state index in [2.05, 4.69) is 5.32 Å². The molecule has 142 valence electrons. The van der Waals surface area contributed by atoms with Gasteiger partial charge in [0, 0.05) is 25.1 Å². The Balaban J connectivity index is 1.42. The van der Waals surface area contributed by atoms with E-state index in [1.165, 1.54) is 0 Å². The van der Waals surface area contributed by atoms with Crippen LogP contribution in [0.4, 0.5) is 0 Å². The number of hydrogen-bond acceptors (Lipinski definition) is 3. The summed E-state index contributed by atoms with van der Waals surface area (Å²) in [5.41, 5.74) is 2.80. The lowest BCUT2D eigenvalue weighted by Crippen LogP contribution is -2.42.